The highest BCUT2D eigenvalue weighted by molar-refractivity contribution is 7.87. The van der Waals surface area contributed by atoms with Gasteiger partial charge in [-0.25, -0.2) is 0 Å². The van der Waals surface area contributed by atoms with Crippen LogP contribution in [0.3, 0.4) is 0 Å². The van der Waals surface area contributed by atoms with Gasteiger partial charge in [0.1, 0.15) is 0 Å². The maximum Gasteiger partial charge on any atom is 0.409 e. The highest BCUT2D eigenvalue weighted by atomic mass is 32.2. The maximum atomic E-state index is 11.8. The molecule has 0 aromatic rings. The zero-order valence-electron chi connectivity index (χ0n) is 15.5. The van der Waals surface area contributed by atoms with E-state index in [2.05, 4.69) is 0 Å². The van der Waals surface area contributed by atoms with Crippen LogP contribution in [0, 0.1) is 0 Å². The summed E-state index contributed by atoms with van der Waals surface area (Å²) in [6.45, 7) is 3.27. The average Bonchev–Trinajstić information content (AvgIpc) is 2.43. The predicted octanol–water partition coefficient (Wildman–Crippen LogP) is 2.18. The van der Waals surface area contributed by atoms with Gasteiger partial charge in [-0.3, -0.25) is 9.11 Å². The van der Waals surface area contributed by atoms with E-state index in [9.17, 15) is 43.2 Å². The van der Waals surface area contributed by atoms with Crippen LogP contribution in [-0.2, 0) is 20.2 Å². The summed E-state index contributed by atoms with van der Waals surface area (Å²) in [5, 5.41) is 16.5. The van der Waals surface area contributed by atoms with Gasteiger partial charge in [-0.1, -0.05) is 6.92 Å². The third-order valence-electron chi connectivity index (χ3n) is 3.34. The third-order valence-corrected chi connectivity index (χ3v) is 6.38. The van der Waals surface area contributed by atoms with Crippen molar-refractivity contribution in [2.75, 3.05) is 6.61 Å². The van der Waals surface area contributed by atoms with Crippen molar-refractivity contribution in [3.63, 3.8) is 0 Å². The van der Waals surface area contributed by atoms with Gasteiger partial charge in [0.2, 0.25) is 0 Å². The highest BCUT2D eigenvalue weighted by Gasteiger charge is 2.57. The van der Waals surface area contributed by atoms with Gasteiger partial charge in [0, 0.05) is 0 Å². The van der Waals surface area contributed by atoms with E-state index in [-0.39, 0.29) is 6.61 Å². The fourth-order valence-electron chi connectivity index (χ4n) is 0.422. The molecule has 1 atom stereocenters. The molecule has 0 amide bonds. The van der Waals surface area contributed by atoms with Crippen LogP contribution in [0.1, 0.15) is 41.0 Å². The molecule has 0 aliphatic carbocycles. The van der Waals surface area contributed by atoms with Crippen molar-refractivity contribution in [3.8, 4) is 0 Å². The third kappa shape index (κ3) is 9.69. The van der Waals surface area contributed by atoms with Crippen LogP contribution in [0.5, 0.6) is 0 Å². The first-order valence-electron chi connectivity index (χ1n) is 7.17. The minimum atomic E-state index is -5.09. The molecular formula is C12H24F6O8S2. The van der Waals surface area contributed by atoms with E-state index >= 15 is 0 Å². The summed E-state index contributed by atoms with van der Waals surface area (Å²) >= 11 is 0. The van der Waals surface area contributed by atoms with Gasteiger partial charge in [0.25, 0.3) is 20.2 Å². The first-order valence-corrected chi connectivity index (χ1v) is 10.1. The SMILES string of the molecule is CC(C)(C(F)(F)F)S(=O)(=O)O.CC(C)(C(F)(F)F)S(=O)(=O)O.CCC(O)CO. The van der Waals surface area contributed by atoms with Crippen LogP contribution in [-0.4, -0.2) is 70.7 Å². The second-order valence-electron chi connectivity index (χ2n) is 6.21. The standard InChI is InChI=1S/2C4H7F3O3S.C4H10O2/c2*1-3(2,4(5,6)7)11(8,9)10;1-2-4(6)3-5/h2*1-2H3,(H,8,9,10);4-6H,2-3H2,1H3. The predicted molar refractivity (Wildman–Crippen MR) is 86.7 cm³/mol. The normalized spacial score (nSPS) is 15.0. The molecule has 0 aliphatic rings. The summed E-state index contributed by atoms with van der Waals surface area (Å²) in [4.78, 5) is 0. The minimum Gasteiger partial charge on any atom is -0.394 e. The molecular weight excluding hydrogens is 450 g/mol. The molecule has 0 radical (unpaired) electrons. The van der Waals surface area contributed by atoms with Crippen molar-refractivity contribution in [1.82, 2.24) is 0 Å². The molecule has 0 saturated heterocycles. The van der Waals surface area contributed by atoms with Crippen LogP contribution in [0.2, 0.25) is 0 Å². The Morgan fingerprint density at radius 1 is 0.750 bits per heavy atom. The highest BCUT2D eigenvalue weighted by Crippen LogP contribution is 2.36. The minimum absolute atomic E-state index is 0.115. The van der Waals surface area contributed by atoms with E-state index in [1.54, 1.807) is 0 Å². The molecule has 0 fully saturated rings. The summed E-state index contributed by atoms with van der Waals surface area (Å²) in [6.07, 6.45) is -9.79. The van der Waals surface area contributed by atoms with Crippen LogP contribution in [0.15, 0.2) is 0 Å². The van der Waals surface area contributed by atoms with Gasteiger partial charge in [0.05, 0.1) is 12.7 Å². The molecule has 0 spiro atoms. The van der Waals surface area contributed by atoms with Gasteiger partial charge >= 0.3 is 12.4 Å². The topological polar surface area (TPSA) is 149 Å². The summed E-state index contributed by atoms with van der Waals surface area (Å²) in [6, 6.07) is 0. The first kappa shape index (κ1) is 32.0. The van der Waals surface area contributed by atoms with Gasteiger partial charge < -0.3 is 10.2 Å². The van der Waals surface area contributed by atoms with Crippen molar-refractivity contribution in [2.45, 2.75) is 69.0 Å². The molecule has 0 saturated carbocycles. The monoisotopic (exact) mass is 474 g/mol. The van der Waals surface area contributed by atoms with Crippen LogP contribution >= 0.6 is 0 Å². The van der Waals surface area contributed by atoms with Crippen LogP contribution in [0.4, 0.5) is 26.3 Å². The fourth-order valence-corrected chi connectivity index (χ4v) is 1.01. The Kier molecular flexibility index (Phi) is 11.9. The van der Waals surface area contributed by atoms with E-state index in [0.29, 0.717) is 34.1 Å². The van der Waals surface area contributed by atoms with Crippen molar-refractivity contribution >= 4 is 20.2 Å². The zero-order valence-corrected chi connectivity index (χ0v) is 17.1. The molecule has 8 nitrogen and oxygen atoms in total. The van der Waals surface area contributed by atoms with E-state index in [1.807, 2.05) is 6.92 Å². The molecule has 0 aromatic carbocycles. The Labute approximate surface area is 159 Å². The molecule has 0 rings (SSSR count). The van der Waals surface area contributed by atoms with Crippen molar-refractivity contribution < 1.29 is 62.5 Å². The van der Waals surface area contributed by atoms with Crippen molar-refractivity contribution in [1.29, 1.82) is 0 Å². The van der Waals surface area contributed by atoms with E-state index in [0.717, 1.165) is 0 Å². The quantitative estimate of drug-likeness (QED) is 0.358. The Bertz CT molecular complexity index is 607. The van der Waals surface area contributed by atoms with E-state index < -0.39 is 48.2 Å². The van der Waals surface area contributed by atoms with Gasteiger partial charge in [0.15, 0.2) is 9.49 Å². The van der Waals surface area contributed by atoms with Crippen LogP contribution in [0.25, 0.3) is 0 Å². The number of aliphatic hydroxyl groups is 2. The molecule has 174 valence electrons. The Morgan fingerprint density at radius 2 is 0.964 bits per heavy atom. The summed E-state index contributed by atoms with van der Waals surface area (Å²) in [5.74, 6) is 0. The summed E-state index contributed by atoms with van der Waals surface area (Å²) in [7, 11) is -10.2. The van der Waals surface area contributed by atoms with Gasteiger partial charge in [-0.05, 0) is 34.1 Å². The Morgan fingerprint density at radius 3 is 0.964 bits per heavy atom. The number of alkyl halides is 6. The number of hydrogen-bond donors (Lipinski definition) is 4. The lowest BCUT2D eigenvalue weighted by molar-refractivity contribution is -0.155. The van der Waals surface area contributed by atoms with Crippen LogP contribution < -0.4 is 0 Å². The van der Waals surface area contributed by atoms with Crippen molar-refractivity contribution in [2.24, 2.45) is 0 Å². The number of hydrogen-bond acceptors (Lipinski definition) is 6. The number of aliphatic hydroxyl groups excluding tert-OH is 2. The maximum absolute atomic E-state index is 11.8. The fraction of sp³-hybridized carbons (Fsp3) is 1.00. The lowest BCUT2D eigenvalue weighted by Crippen LogP contribution is -2.46. The number of halogens is 6. The first-order chi connectivity index (χ1) is 11.8. The molecule has 4 N–H and O–H groups in total. The molecule has 28 heavy (non-hydrogen) atoms. The Hall–Kier alpha value is -0.680. The molecule has 0 aliphatic heterocycles. The number of rotatable bonds is 4. The Balaban J connectivity index is -0.000000351. The van der Waals surface area contributed by atoms with Crippen molar-refractivity contribution in [3.05, 3.63) is 0 Å². The molecule has 0 bridgehead atoms. The second kappa shape index (κ2) is 10.4. The molecule has 0 aromatic heterocycles. The average molecular weight is 474 g/mol. The summed E-state index contributed by atoms with van der Waals surface area (Å²) in [5.41, 5.74) is 0. The van der Waals surface area contributed by atoms with E-state index in [1.165, 1.54) is 0 Å². The van der Waals surface area contributed by atoms with Gasteiger partial charge in [-0.2, -0.15) is 43.2 Å². The molecule has 16 heteroatoms. The van der Waals surface area contributed by atoms with E-state index in [4.69, 9.17) is 19.3 Å². The molecule has 1 unspecified atom stereocenters. The zero-order chi connectivity index (χ0) is 24.0. The lowest BCUT2D eigenvalue weighted by atomic mass is 10.2. The lowest BCUT2D eigenvalue weighted by Gasteiger charge is -2.23. The molecule has 0 heterocycles. The largest absolute Gasteiger partial charge is 0.409 e. The van der Waals surface area contributed by atoms with Gasteiger partial charge in [-0.15, -0.1) is 0 Å². The summed E-state index contributed by atoms with van der Waals surface area (Å²) < 4.78 is 121. The smallest absolute Gasteiger partial charge is 0.394 e. The second-order valence-corrected chi connectivity index (χ2v) is 10.2.